The molecule has 0 aliphatic heterocycles. The van der Waals surface area contributed by atoms with Gasteiger partial charge >= 0.3 is 5.97 Å². The molecule has 0 aliphatic carbocycles. The van der Waals surface area contributed by atoms with Gasteiger partial charge in [0, 0.05) is 41.8 Å². The topological polar surface area (TPSA) is 105 Å². The third kappa shape index (κ3) is 6.77. The average Bonchev–Trinajstić information content (AvgIpc) is 2.63. The van der Waals surface area contributed by atoms with Gasteiger partial charge in [-0.3, -0.25) is 10.7 Å². The summed E-state index contributed by atoms with van der Waals surface area (Å²) in [5.41, 5.74) is 10.2. The first-order valence-electron chi connectivity index (χ1n) is 8.29. The van der Waals surface area contributed by atoms with Crippen molar-refractivity contribution in [3.8, 4) is 0 Å². The fraction of sp³-hybridized carbons (Fsp3) is 0.211. The quantitative estimate of drug-likeness (QED) is 0.288. The van der Waals surface area contributed by atoms with E-state index in [9.17, 15) is 4.79 Å². The number of benzene rings is 2. The second-order valence-corrected chi connectivity index (χ2v) is 6.94. The van der Waals surface area contributed by atoms with Gasteiger partial charge in [-0.15, -0.1) is 0 Å². The number of nitrogens with zero attached hydrogens (tertiary/aromatic N) is 1. The molecule has 6 nitrogen and oxygen atoms in total. The number of hydrogen-bond donors (Lipinski definition) is 4. The van der Waals surface area contributed by atoms with E-state index in [-0.39, 0.29) is 11.4 Å². The van der Waals surface area contributed by atoms with E-state index >= 15 is 0 Å². The molecule has 0 atom stereocenters. The van der Waals surface area contributed by atoms with E-state index in [1.807, 2.05) is 48.5 Å². The first-order valence-corrected chi connectivity index (χ1v) is 9.04. The zero-order valence-corrected chi connectivity index (χ0v) is 16.2. The van der Waals surface area contributed by atoms with Gasteiger partial charge in [0.2, 0.25) is 0 Å². The monoisotopic (exact) mass is 408 g/mol. The van der Waals surface area contributed by atoms with Gasteiger partial charge in [0.1, 0.15) is 0 Å². The molecule has 2 aromatic rings. The number of carboxylic acids is 1. The zero-order chi connectivity index (χ0) is 19.8. The Morgan fingerprint density at radius 2 is 1.41 bits per heavy atom. The molecule has 0 spiro atoms. The second kappa shape index (κ2) is 10.2. The van der Waals surface area contributed by atoms with E-state index in [1.165, 1.54) is 0 Å². The van der Waals surface area contributed by atoms with E-state index in [2.05, 4.69) is 10.3 Å². The summed E-state index contributed by atoms with van der Waals surface area (Å²) in [6, 6.07) is 15.2. The fourth-order valence-corrected chi connectivity index (χ4v) is 2.86. The van der Waals surface area contributed by atoms with Crippen LogP contribution in [0.1, 0.15) is 17.5 Å². The lowest BCUT2D eigenvalue weighted by Gasteiger charge is -2.23. The maximum atomic E-state index is 11.1. The highest BCUT2D eigenvalue weighted by atomic mass is 35.5. The standard InChI is InChI=1S/C19H22Cl2N4O2/c20-15-5-1-13(2-6-15)11-25(12-14-3-7-16(21)8-4-14)10-9-17(22)18(24-23)19(26)27/h1-8,24H,9-12,22-23H2,(H,26,27)/b18-17-. The van der Waals surface area contributed by atoms with Crippen LogP contribution in [0.2, 0.25) is 10.0 Å². The molecule has 0 bridgehead atoms. The van der Waals surface area contributed by atoms with Crippen LogP contribution in [-0.4, -0.2) is 22.5 Å². The van der Waals surface area contributed by atoms with Crippen LogP contribution in [0.4, 0.5) is 0 Å². The number of carbonyl (C=O) groups is 1. The van der Waals surface area contributed by atoms with Crippen molar-refractivity contribution in [2.75, 3.05) is 6.54 Å². The van der Waals surface area contributed by atoms with E-state index in [1.54, 1.807) is 0 Å². The highest BCUT2D eigenvalue weighted by molar-refractivity contribution is 6.30. The second-order valence-electron chi connectivity index (χ2n) is 6.06. The first kappa shape index (κ1) is 21.1. The van der Waals surface area contributed by atoms with Gasteiger partial charge in [-0.25, -0.2) is 4.79 Å². The van der Waals surface area contributed by atoms with Gasteiger partial charge in [0.05, 0.1) is 0 Å². The van der Waals surface area contributed by atoms with Crippen LogP contribution >= 0.6 is 23.2 Å². The maximum Gasteiger partial charge on any atom is 0.355 e. The van der Waals surface area contributed by atoms with Crippen molar-refractivity contribution in [2.24, 2.45) is 11.6 Å². The molecule has 0 aromatic heterocycles. The lowest BCUT2D eigenvalue weighted by atomic mass is 10.1. The summed E-state index contributed by atoms with van der Waals surface area (Å²) in [5, 5.41) is 10.5. The summed E-state index contributed by atoms with van der Waals surface area (Å²) in [6.07, 6.45) is 0.354. The number of carboxylic acid groups (broad SMARTS) is 1. The van der Waals surface area contributed by atoms with Crippen LogP contribution in [0.25, 0.3) is 0 Å². The zero-order valence-electron chi connectivity index (χ0n) is 14.7. The minimum absolute atomic E-state index is 0.187. The third-order valence-electron chi connectivity index (χ3n) is 4.02. The van der Waals surface area contributed by atoms with Crippen molar-refractivity contribution in [1.29, 1.82) is 0 Å². The summed E-state index contributed by atoms with van der Waals surface area (Å²) >= 11 is 11.9. The van der Waals surface area contributed by atoms with Crippen LogP contribution in [-0.2, 0) is 17.9 Å². The molecule has 0 radical (unpaired) electrons. The van der Waals surface area contributed by atoms with Gasteiger partial charge < -0.3 is 16.3 Å². The maximum absolute atomic E-state index is 11.1. The van der Waals surface area contributed by atoms with Crippen molar-refractivity contribution >= 4 is 29.2 Å². The predicted molar refractivity (Wildman–Crippen MR) is 108 cm³/mol. The molecular formula is C19H22Cl2N4O2. The van der Waals surface area contributed by atoms with E-state index in [4.69, 9.17) is 39.9 Å². The predicted octanol–water partition coefficient (Wildman–Crippen LogP) is 3.10. The number of nitrogens with two attached hydrogens (primary N) is 2. The Labute approximate surface area is 168 Å². The highest BCUT2D eigenvalue weighted by Gasteiger charge is 2.13. The summed E-state index contributed by atoms with van der Waals surface area (Å²) in [7, 11) is 0. The highest BCUT2D eigenvalue weighted by Crippen LogP contribution is 2.16. The Kier molecular flexibility index (Phi) is 7.94. The molecule has 2 rings (SSSR count). The van der Waals surface area contributed by atoms with Crippen LogP contribution in [0, 0.1) is 0 Å². The molecule has 0 saturated heterocycles. The minimum Gasteiger partial charge on any atom is -0.476 e. The number of halogens is 2. The molecule has 144 valence electrons. The largest absolute Gasteiger partial charge is 0.476 e. The van der Waals surface area contributed by atoms with Crippen LogP contribution < -0.4 is 17.0 Å². The molecule has 0 saturated carbocycles. The van der Waals surface area contributed by atoms with E-state index in [0.29, 0.717) is 36.1 Å². The van der Waals surface area contributed by atoms with Crippen molar-refractivity contribution in [1.82, 2.24) is 10.3 Å². The minimum atomic E-state index is -1.18. The molecule has 8 heteroatoms. The number of hydrazine groups is 1. The van der Waals surface area contributed by atoms with Gasteiger partial charge in [0.25, 0.3) is 0 Å². The SMILES string of the molecule is NN/C(C(=O)O)=C(\N)CCN(Cc1ccc(Cl)cc1)Cc1ccc(Cl)cc1. The van der Waals surface area contributed by atoms with Gasteiger partial charge in [0.15, 0.2) is 5.70 Å². The lowest BCUT2D eigenvalue weighted by molar-refractivity contribution is -0.133. The van der Waals surface area contributed by atoms with Crippen LogP contribution in [0.5, 0.6) is 0 Å². The molecular weight excluding hydrogens is 387 g/mol. The van der Waals surface area contributed by atoms with E-state index in [0.717, 1.165) is 11.1 Å². The Morgan fingerprint density at radius 1 is 0.963 bits per heavy atom. The van der Waals surface area contributed by atoms with Gasteiger partial charge in [-0.2, -0.15) is 0 Å². The third-order valence-corrected chi connectivity index (χ3v) is 4.52. The van der Waals surface area contributed by atoms with Crippen LogP contribution in [0.3, 0.4) is 0 Å². The fourth-order valence-electron chi connectivity index (χ4n) is 2.61. The van der Waals surface area contributed by atoms with Gasteiger partial charge in [-0.05, 0) is 35.4 Å². The smallest absolute Gasteiger partial charge is 0.355 e. The van der Waals surface area contributed by atoms with Crippen molar-refractivity contribution in [3.63, 3.8) is 0 Å². The number of hydrogen-bond acceptors (Lipinski definition) is 5. The molecule has 27 heavy (non-hydrogen) atoms. The average molecular weight is 409 g/mol. The summed E-state index contributed by atoms with van der Waals surface area (Å²) in [6.45, 7) is 1.87. The molecule has 2 aromatic carbocycles. The number of nitrogens with one attached hydrogen (secondary N) is 1. The Morgan fingerprint density at radius 3 is 1.78 bits per heavy atom. The molecule has 0 heterocycles. The van der Waals surface area contributed by atoms with Crippen molar-refractivity contribution < 1.29 is 9.90 Å². The van der Waals surface area contributed by atoms with Gasteiger partial charge in [-0.1, -0.05) is 47.5 Å². The lowest BCUT2D eigenvalue weighted by Crippen LogP contribution is -2.32. The number of rotatable bonds is 9. The molecule has 0 aliphatic rings. The molecule has 0 amide bonds. The summed E-state index contributed by atoms with van der Waals surface area (Å²) in [5.74, 6) is 4.07. The molecule has 0 fully saturated rings. The summed E-state index contributed by atoms with van der Waals surface area (Å²) < 4.78 is 0. The van der Waals surface area contributed by atoms with Crippen LogP contribution in [0.15, 0.2) is 59.9 Å². The summed E-state index contributed by atoms with van der Waals surface area (Å²) in [4.78, 5) is 13.3. The normalized spacial score (nSPS) is 12.0. The Balaban J connectivity index is 2.14. The first-order chi connectivity index (χ1) is 12.9. The Bertz CT molecular complexity index is 745. The van der Waals surface area contributed by atoms with E-state index < -0.39 is 5.97 Å². The molecule has 0 unspecified atom stereocenters. The van der Waals surface area contributed by atoms with Crippen molar-refractivity contribution in [3.05, 3.63) is 81.1 Å². The Hall–Kier alpha value is -2.25. The number of aliphatic carboxylic acids is 1. The van der Waals surface area contributed by atoms with Crippen molar-refractivity contribution in [2.45, 2.75) is 19.5 Å². The molecule has 6 N–H and O–H groups in total.